The highest BCUT2D eigenvalue weighted by atomic mass is 16.5. The number of carboxylic acid groups (broad SMARTS) is 1. The minimum Gasteiger partial charge on any atom is -0.480 e. The largest absolute Gasteiger partial charge is 0.480 e. The van der Waals surface area contributed by atoms with Crippen LogP contribution in [0.4, 0.5) is 4.79 Å². The molecule has 4 rings (SSSR count). The lowest BCUT2D eigenvalue weighted by atomic mass is 9.79. The summed E-state index contributed by atoms with van der Waals surface area (Å²) in [7, 11) is 1.22. The van der Waals surface area contributed by atoms with Crippen LogP contribution in [-0.4, -0.2) is 54.8 Å². The molecule has 1 atom stereocenters. The normalized spacial score (nSPS) is 18.9. The second-order valence-electron chi connectivity index (χ2n) is 8.85. The number of alkyl carbamates (subject to hydrolysis) is 1. The number of ether oxygens (including phenoxy) is 2. The van der Waals surface area contributed by atoms with Crippen LogP contribution in [0, 0.1) is 5.92 Å². The number of fused-ring (bicyclic) bond motifs is 3. The lowest BCUT2D eigenvalue weighted by Gasteiger charge is -2.35. The molecular weight excluding hydrogens is 452 g/mol. The van der Waals surface area contributed by atoms with E-state index in [0.717, 1.165) is 22.3 Å². The Morgan fingerprint density at radius 3 is 2.17 bits per heavy atom. The first-order valence-corrected chi connectivity index (χ1v) is 11.6. The Hall–Kier alpha value is -3.88. The molecule has 0 aromatic heterocycles. The number of carbonyl (C=O) groups excluding carboxylic acids is 3. The molecule has 35 heavy (non-hydrogen) atoms. The van der Waals surface area contributed by atoms with Crippen LogP contribution in [0.5, 0.6) is 0 Å². The molecule has 1 saturated carbocycles. The van der Waals surface area contributed by atoms with Gasteiger partial charge >= 0.3 is 18.0 Å². The molecule has 0 radical (unpaired) electrons. The van der Waals surface area contributed by atoms with Gasteiger partial charge in [0.25, 0.3) is 0 Å². The van der Waals surface area contributed by atoms with Crippen molar-refractivity contribution in [1.82, 2.24) is 10.6 Å². The van der Waals surface area contributed by atoms with Crippen LogP contribution < -0.4 is 10.6 Å². The molecule has 9 heteroatoms. The van der Waals surface area contributed by atoms with E-state index < -0.39 is 35.9 Å². The van der Waals surface area contributed by atoms with Crippen LogP contribution in [0.15, 0.2) is 48.5 Å². The van der Waals surface area contributed by atoms with Gasteiger partial charge < -0.3 is 25.2 Å². The Labute approximate surface area is 202 Å². The summed E-state index contributed by atoms with van der Waals surface area (Å²) in [6.45, 7) is 0.205. The van der Waals surface area contributed by atoms with Crippen LogP contribution in [-0.2, 0) is 23.9 Å². The standard InChI is InChI=1S/C26H28N2O7/c1-34-23(29)11-10-22(25(31)32)28-24(30)15-12-16(13-15)27-26(33)35-14-21-19-8-4-2-6-17(19)18-7-3-5-9-20(18)21/h2-9,15-16,21-22H,10-14H2,1H3,(H,27,33)(H,28,30)(H,31,32). The van der Waals surface area contributed by atoms with Gasteiger partial charge in [-0.2, -0.15) is 0 Å². The number of carboxylic acids is 1. The second-order valence-corrected chi connectivity index (χ2v) is 8.85. The van der Waals surface area contributed by atoms with Gasteiger partial charge in [0.05, 0.1) is 7.11 Å². The fourth-order valence-electron chi connectivity index (χ4n) is 4.67. The molecule has 2 aromatic carbocycles. The SMILES string of the molecule is COC(=O)CCC(NC(=O)C1CC(NC(=O)OCC2c3ccccc3-c3ccccc32)C1)C(=O)O. The minimum absolute atomic E-state index is 0.0361. The Balaban J connectivity index is 1.23. The molecule has 0 spiro atoms. The number of amides is 2. The van der Waals surface area contributed by atoms with E-state index in [-0.39, 0.29) is 31.4 Å². The van der Waals surface area contributed by atoms with Gasteiger partial charge in [-0.1, -0.05) is 48.5 Å². The van der Waals surface area contributed by atoms with Crippen molar-refractivity contribution in [3.63, 3.8) is 0 Å². The van der Waals surface area contributed by atoms with Crippen molar-refractivity contribution in [3.8, 4) is 11.1 Å². The number of aliphatic carboxylic acids is 1. The van der Waals surface area contributed by atoms with E-state index in [4.69, 9.17) is 4.74 Å². The predicted octanol–water partition coefficient (Wildman–Crippen LogP) is 2.83. The third kappa shape index (κ3) is 5.45. The van der Waals surface area contributed by atoms with Crippen molar-refractivity contribution in [2.24, 2.45) is 5.92 Å². The fourth-order valence-corrected chi connectivity index (χ4v) is 4.67. The number of esters is 1. The van der Waals surface area contributed by atoms with Gasteiger partial charge in [0.15, 0.2) is 0 Å². The molecule has 1 unspecified atom stereocenters. The highest BCUT2D eigenvalue weighted by Crippen LogP contribution is 2.44. The number of hydrogen-bond donors (Lipinski definition) is 3. The van der Waals surface area contributed by atoms with E-state index in [2.05, 4.69) is 27.5 Å². The molecule has 184 valence electrons. The predicted molar refractivity (Wildman–Crippen MR) is 126 cm³/mol. The summed E-state index contributed by atoms with van der Waals surface area (Å²) in [6, 6.07) is 14.8. The van der Waals surface area contributed by atoms with Gasteiger partial charge in [-0.3, -0.25) is 9.59 Å². The fraction of sp³-hybridized carbons (Fsp3) is 0.385. The van der Waals surface area contributed by atoms with Gasteiger partial charge in [0.2, 0.25) is 5.91 Å². The van der Waals surface area contributed by atoms with Gasteiger partial charge in [-0.15, -0.1) is 0 Å². The minimum atomic E-state index is -1.21. The third-order valence-corrected chi connectivity index (χ3v) is 6.65. The molecule has 1 fully saturated rings. The van der Waals surface area contributed by atoms with Crippen molar-refractivity contribution >= 4 is 23.9 Å². The summed E-state index contributed by atoms with van der Waals surface area (Å²) in [5, 5.41) is 14.5. The highest BCUT2D eigenvalue weighted by Gasteiger charge is 2.37. The smallest absolute Gasteiger partial charge is 0.407 e. The Morgan fingerprint density at radius 1 is 1.00 bits per heavy atom. The molecule has 0 aliphatic heterocycles. The van der Waals surface area contributed by atoms with Crippen molar-refractivity contribution in [1.29, 1.82) is 0 Å². The van der Waals surface area contributed by atoms with E-state index >= 15 is 0 Å². The zero-order valence-electron chi connectivity index (χ0n) is 19.4. The van der Waals surface area contributed by atoms with E-state index in [9.17, 15) is 24.3 Å². The summed E-state index contributed by atoms with van der Waals surface area (Å²) in [6.07, 6.45) is 0.0718. The maximum Gasteiger partial charge on any atom is 0.407 e. The summed E-state index contributed by atoms with van der Waals surface area (Å²) >= 11 is 0. The quantitative estimate of drug-likeness (QED) is 0.470. The number of carbonyl (C=O) groups is 4. The number of rotatable bonds is 9. The van der Waals surface area contributed by atoms with Gasteiger partial charge in [-0.25, -0.2) is 9.59 Å². The average Bonchev–Trinajstić information content (AvgIpc) is 3.15. The van der Waals surface area contributed by atoms with Crippen LogP contribution in [0.3, 0.4) is 0 Å². The first-order chi connectivity index (χ1) is 16.9. The van der Waals surface area contributed by atoms with E-state index in [1.165, 1.54) is 7.11 Å². The lowest BCUT2D eigenvalue weighted by Crippen LogP contribution is -2.52. The van der Waals surface area contributed by atoms with E-state index in [1.807, 2.05) is 36.4 Å². The zero-order valence-corrected chi connectivity index (χ0v) is 19.4. The highest BCUT2D eigenvalue weighted by molar-refractivity contribution is 5.86. The summed E-state index contributed by atoms with van der Waals surface area (Å²) < 4.78 is 10.0. The van der Waals surface area contributed by atoms with Crippen molar-refractivity contribution < 1.29 is 33.8 Å². The summed E-state index contributed by atoms with van der Waals surface area (Å²) in [5.74, 6) is -2.61. The van der Waals surface area contributed by atoms with Crippen LogP contribution >= 0.6 is 0 Å². The second kappa shape index (κ2) is 10.6. The van der Waals surface area contributed by atoms with E-state index in [0.29, 0.717) is 12.8 Å². The van der Waals surface area contributed by atoms with Crippen LogP contribution in [0.1, 0.15) is 42.7 Å². The number of nitrogens with one attached hydrogen (secondary N) is 2. The van der Waals surface area contributed by atoms with Gasteiger partial charge in [-0.05, 0) is 41.5 Å². The summed E-state index contributed by atoms with van der Waals surface area (Å²) in [5.41, 5.74) is 4.55. The molecule has 2 aliphatic carbocycles. The first kappa shape index (κ1) is 24.3. The van der Waals surface area contributed by atoms with Crippen molar-refractivity contribution in [2.75, 3.05) is 13.7 Å². The topological polar surface area (TPSA) is 131 Å². The average molecular weight is 481 g/mol. The van der Waals surface area contributed by atoms with Crippen molar-refractivity contribution in [3.05, 3.63) is 59.7 Å². The van der Waals surface area contributed by atoms with Gasteiger partial charge in [0.1, 0.15) is 12.6 Å². The number of benzene rings is 2. The van der Waals surface area contributed by atoms with Gasteiger partial charge in [0, 0.05) is 24.3 Å². The lowest BCUT2D eigenvalue weighted by molar-refractivity contribution is -0.145. The molecule has 9 nitrogen and oxygen atoms in total. The van der Waals surface area contributed by atoms with Crippen LogP contribution in [0.25, 0.3) is 11.1 Å². The molecule has 0 heterocycles. The molecule has 2 aliphatic rings. The first-order valence-electron chi connectivity index (χ1n) is 11.6. The zero-order chi connectivity index (χ0) is 24.9. The third-order valence-electron chi connectivity index (χ3n) is 6.65. The maximum atomic E-state index is 12.4. The molecular formula is C26H28N2O7. The van der Waals surface area contributed by atoms with Crippen molar-refractivity contribution in [2.45, 2.75) is 43.7 Å². The molecule has 2 amide bonds. The van der Waals surface area contributed by atoms with E-state index in [1.54, 1.807) is 0 Å². The Kier molecular flexibility index (Phi) is 7.33. The molecule has 0 saturated heterocycles. The maximum absolute atomic E-state index is 12.4. The number of methoxy groups -OCH3 is 1. The summed E-state index contributed by atoms with van der Waals surface area (Å²) in [4.78, 5) is 47.4. The Bertz CT molecular complexity index is 1080. The number of hydrogen-bond acceptors (Lipinski definition) is 6. The Morgan fingerprint density at radius 2 is 1.60 bits per heavy atom. The molecule has 0 bridgehead atoms. The van der Waals surface area contributed by atoms with Crippen LogP contribution in [0.2, 0.25) is 0 Å². The molecule has 3 N–H and O–H groups in total. The molecule has 2 aromatic rings. The monoisotopic (exact) mass is 480 g/mol.